The molecule has 1 aromatic heterocycles. The van der Waals surface area contributed by atoms with E-state index in [0.29, 0.717) is 17.6 Å². The van der Waals surface area contributed by atoms with Crippen LogP contribution in [0.4, 0.5) is 23.3 Å². The predicted molar refractivity (Wildman–Crippen MR) is 133 cm³/mol. The van der Waals surface area contributed by atoms with E-state index in [9.17, 15) is 9.90 Å². The van der Waals surface area contributed by atoms with Gasteiger partial charge in [0.05, 0.1) is 12.0 Å². The highest BCUT2D eigenvalue weighted by Crippen LogP contribution is 2.28. The Kier molecular flexibility index (Phi) is 6.62. The minimum Gasteiger partial charge on any atom is -0.390 e. The number of amides is 1. The van der Waals surface area contributed by atoms with E-state index < -0.39 is 5.60 Å². The SMILES string of the molecule is Cc1c(NC(=O)CC(C)(C)O)cccc1Nc1ncnc(N2CCc3cc(Br)ccc3C2)n1. The molecule has 0 atom stereocenters. The lowest BCUT2D eigenvalue weighted by Crippen LogP contribution is -2.32. The van der Waals surface area contributed by atoms with E-state index in [-0.39, 0.29) is 12.3 Å². The van der Waals surface area contributed by atoms with Gasteiger partial charge in [-0.15, -0.1) is 0 Å². The van der Waals surface area contributed by atoms with Gasteiger partial charge >= 0.3 is 0 Å². The summed E-state index contributed by atoms with van der Waals surface area (Å²) in [4.78, 5) is 27.7. The zero-order valence-electron chi connectivity index (χ0n) is 18.9. The number of benzene rings is 2. The Balaban J connectivity index is 1.49. The maximum atomic E-state index is 12.2. The predicted octanol–water partition coefficient (Wildman–Crippen LogP) is 4.35. The third-order valence-corrected chi connectivity index (χ3v) is 5.96. The number of aromatic nitrogens is 3. The molecule has 172 valence electrons. The standard InChI is InChI=1S/C24H27BrN6O2/c1-15-19(28-21(32)12-24(2,3)33)5-4-6-20(15)29-22-26-14-27-23(30-22)31-10-9-16-11-18(25)8-7-17(16)13-31/h4-8,11,14,33H,9-10,12-13H2,1-3H3,(H,28,32)(H,26,27,29,30). The molecular weight excluding hydrogens is 484 g/mol. The van der Waals surface area contributed by atoms with Crippen LogP contribution in [0, 0.1) is 6.92 Å². The first-order chi connectivity index (χ1) is 15.7. The number of hydrogen-bond acceptors (Lipinski definition) is 7. The zero-order chi connectivity index (χ0) is 23.6. The summed E-state index contributed by atoms with van der Waals surface area (Å²) in [6.07, 6.45) is 2.44. The van der Waals surface area contributed by atoms with E-state index in [1.54, 1.807) is 13.8 Å². The van der Waals surface area contributed by atoms with E-state index in [4.69, 9.17) is 0 Å². The summed E-state index contributed by atoms with van der Waals surface area (Å²) >= 11 is 3.54. The Bertz CT molecular complexity index is 1180. The second-order valence-electron chi connectivity index (χ2n) is 8.83. The quantitative estimate of drug-likeness (QED) is 0.452. The number of rotatable bonds is 6. The van der Waals surface area contributed by atoms with Gasteiger partial charge < -0.3 is 20.6 Å². The zero-order valence-corrected chi connectivity index (χ0v) is 20.5. The summed E-state index contributed by atoms with van der Waals surface area (Å²) in [5.41, 5.74) is 3.84. The third kappa shape index (κ3) is 5.85. The van der Waals surface area contributed by atoms with Crippen molar-refractivity contribution in [3.05, 3.63) is 63.9 Å². The number of nitrogens with one attached hydrogen (secondary N) is 2. The van der Waals surface area contributed by atoms with Gasteiger partial charge in [0.1, 0.15) is 6.33 Å². The fourth-order valence-corrected chi connectivity index (χ4v) is 4.22. The first-order valence-electron chi connectivity index (χ1n) is 10.8. The number of hydrogen-bond donors (Lipinski definition) is 3. The van der Waals surface area contributed by atoms with Crippen LogP contribution in [0.5, 0.6) is 0 Å². The molecule has 2 aromatic carbocycles. The molecule has 0 radical (unpaired) electrons. The molecular formula is C24H27BrN6O2. The fourth-order valence-electron chi connectivity index (χ4n) is 3.81. The topological polar surface area (TPSA) is 103 Å². The third-order valence-electron chi connectivity index (χ3n) is 5.47. The molecule has 2 heterocycles. The van der Waals surface area contributed by atoms with Gasteiger partial charge in [-0.1, -0.05) is 28.1 Å². The largest absolute Gasteiger partial charge is 0.390 e. The Morgan fingerprint density at radius 2 is 1.97 bits per heavy atom. The van der Waals surface area contributed by atoms with Crippen molar-refractivity contribution in [3.63, 3.8) is 0 Å². The molecule has 9 heteroatoms. The molecule has 1 aliphatic heterocycles. The van der Waals surface area contributed by atoms with Gasteiger partial charge in [-0.05, 0) is 68.1 Å². The Morgan fingerprint density at radius 1 is 1.18 bits per heavy atom. The van der Waals surface area contributed by atoms with Gasteiger partial charge in [-0.25, -0.2) is 9.97 Å². The second kappa shape index (κ2) is 9.44. The van der Waals surface area contributed by atoms with Gasteiger partial charge in [-0.2, -0.15) is 4.98 Å². The fraction of sp³-hybridized carbons (Fsp3) is 0.333. The molecule has 4 rings (SSSR count). The van der Waals surface area contributed by atoms with E-state index >= 15 is 0 Å². The number of carbonyl (C=O) groups is 1. The molecule has 0 saturated carbocycles. The summed E-state index contributed by atoms with van der Waals surface area (Å²) in [5.74, 6) is 0.806. The van der Waals surface area contributed by atoms with Crippen LogP contribution in [0.25, 0.3) is 0 Å². The Morgan fingerprint density at radius 3 is 2.76 bits per heavy atom. The van der Waals surface area contributed by atoms with Crippen molar-refractivity contribution in [3.8, 4) is 0 Å². The second-order valence-corrected chi connectivity index (χ2v) is 9.75. The van der Waals surface area contributed by atoms with Crippen molar-refractivity contribution >= 4 is 45.1 Å². The molecule has 0 spiro atoms. The summed E-state index contributed by atoms with van der Waals surface area (Å²) in [7, 11) is 0. The lowest BCUT2D eigenvalue weighted by atomic mass is 10.0. The van der Waals surface area contributed by atoms with E-state index in [0.717, 1.165) is 35.2 Å². The van der Waals surface area contributed by atoms with Crippen LogP contribution in [0.1, 0.15) is 37.0 Å². The van der Waals surface area contributed by atoms with E-state index in [1.165, 1.54) is 17.5 Å². The van der Waals surface area contributed by atoms with Crippen LogP contribution in [-0.4, -0.2) is 38.1 Å². The van der Waals surface area contributed by atoms with Crippen LogP contribution in [0.2, 0.25) is 0 Å². The van der Waals surface area contributed by atoms with Crippen molar-refractivity contribution in [2.75, 3.05) is 22.1 Å². The molecule has 0 aliphatic carbocycles. The monoisotopic (exact) mass is 510 g/mol. The number of fused-ring (bicyclic) bond motifs is 1. The van der Waals surface area contributed by atoms with Crippen molar-refractivity contribution in [1.82, 2.24) is 15.0 Å². The minimum absolute atomic E-state index is 0.0108. The highest BCUT2D eigenvalue weighted by molar-refractivity contribution is 9.10. The average molecular weight is 511 g/mol. The highest BCUT2D eigenvalue weighted by Gasteiger charge is 2.20. The van der Waals surface area contributed by atoms with Crippen LogP contribution < -0.4 is 15.5 Å². The molecule has 1 aliphatic rings. The maximum absolute atomic E-state index is 12.2. The normalized spacial score (nSPS) is 13.4. The molecule has 1 amide bonds. The van der Waals surface area contributed by atoms with Crippen LogP contribution in [-0.2, 0) is 17.8 Å². The van der Waals surface area contributed by atoms with Gasteiger partial charge in [0, 0.05) is 28.9 Å². The first-order valence-corrected chi connectivity index (χ1v) is 11.6. The van der Waals surface area contributed by atoms with Gasteiger partial charge in [0.2, 0.25) is 17.8 Å². The molecule has 33 heavy (non-hydrogen) atoms. The molecule has 3 aromatic rings. The van der Waals surface area contributed by atoms with Gasteiger partial charge in [0.15, 0.2) is 0 Å². The van der Waals surface area contributed by atoms with Gasteiger partial charge in [-0.3, -0.25) is 4.79 Å². The minimum atomic E-state index is -1.07. The number of nitrogens with zero attached hydrogens (tertiary/aromatic N) is 4. The average Bonchev–Trinajstić information content (AvgIpc) is 2.75. The van der Waals surface area contributed by atoms with Crippen molar-refractivity contribution in [2.45, 2.75) is 45.8 Å². The molecule has 0 unspecified atom stereocenters. The highest BCUT2D eigenvalue weighted by atomic mass is 79.9. The number of halogens is 1. The molecule has 0 bridgehead atoms. The van der Waals surface area contributed by atoms with Crippen molar-refractivity contribution < 1.29 is 9.90 Å². The smallest absolute Gasteiger partial charge is 0.232 e. The van der Waals surface area contributed by atoms with E-state index in [1.807, 2.05) is 25.1 Å². The molecule has 0 fully saturated rings. The number of anilines is 4. The van der Waals surface area contributed by atoms with Crippen LogP contribution >= 0.6 is 15.9 Å². The van der Waals surface area contributed by atoms with Crippen molar-refractivity contribution in [1.29, 1.82) is 0 Å². The lowest BCUT2D eigenvalue weighted by Gasteiger charge is -2.29. The molecule has 8 nitrogen and oxygen atoms in total. The summed E-state index contributed by atoms with van der Waals surface area (Å²) in [5, 5.41) is 16.0. The summed E-state index contributed by atoms with van der Waals surface area (Å²) < 4.78 is 1.09. The summed E-state index contributed by atoms with van der Waals surface area (Å²) in [6.45, 7) is 6.69. The van der Waals surface area contributed by atoms with Crippen molar-refractivity contribution in [2.24, 2.45) is 0 Å². The van der Waals surface area contributed by atoms with Gasteiger partial charge in [0.25, 0.3) is 0 Å². The number of aliphatic hydroxyl groups is 1. The Hall–Kier alpha value is -3.04. The molecule has 0 saturated heterocycles. The molecule has 3 N–H and O–H groups in total. The Labute approximate surface area is 201 Å². The first kappa shape index (κ1) is 23.1. The number of carbonyl (C=O) groups excluding carboxylic acids is 1. The maximum Gasteiger partial charge on any atom is 0.232 e. The summed E-state index contributed by atoms with van der Waals surface area (Å²) in [6, 6.07) is 11.9. The lowest BCUT2D eigenvalue weighted by molar-refractivity contribution is -0.119. The van der Waals surface area contributed by atoms with Crippen LogP contribution in [0.15, 0.2) is 47.2 Å². The van der Waals surface area contributed by atoms with E-state index in [2.05, 4.69) is 64.6 Å². The van der Waals surface area contributed by atoms with Crippen LogP contribution in [0.3, 0.4) is 0 Å².